The number of aromatic nitrogens is 1. The minimum Gasteiger partial charge on any atom is -0.534 e. The van der Waals surface area contributed by atoms with E-state index in [2.05, 4.69) is 15.6 Å². The number of rotatable bonds is 7. The number of carboxylic acids is 1. The number of para-hydroxylation sites is 1. The van der Waals surface area contributed by atoms with Crippen molar-refractivity contribution in [1.82, 2.24) is 25.4 Å². The highest BCUT2D eigenvalue weighted by atomic mass is 32.1. The highest BCUT2D eigenvalue weighted by Gasteiger charge is 2.41. The Labute approximate surface area is 220 Å². The van der Waals surface area contributed by atoms with Gasteiger partial charge in [-0.3, -0.25) is 19.3 Å². The molecule has 2 aliphatic rings. The first kappa shape index (κ1) is 26.9. The van der Waals surface area contributed by atoms with E-state index in [1.165, 1.54) is 22.4 Å². The van der Waals surface area contributed by atoms with Crippen molar-refractivity contribution in [1.29, 1.82) is 0 Å². The number of fused-ring (bicyclic) bond motifs is 1. The predicted octanol–water partition coefficient (Wildman–Crippen LogP) is -0.605. The Morgan fingerprint density at radius 1 is 1.29 bits per heavy atom. The van der Waals surface area contributed by atoms with Crippen LogP contribution in [0.5, 0.6) is 5.75 Å². The van der Waals surface area contributed by atoms with Crippen LogP contribution in [0.15, 0.2) is 23.6 Å². The Morgan fingerprint density at radius 3 is 2.71 bits per heavy atom. The third kappa shape index (κ3) is 5.40. The van der Waals surface area contributed by atoms with E-state index in [0.717, 1.165) is 16.2 Å². The molecule has 4 rings (SSSR count). The molecule has 0 saturated carbocycles. The van der Waals surface area contributed by atoms with E-state index in [1.807, 2.05) is 6.92 Å². The lowest BCUT2D eigenvalue weighted by Crippen LogP contribution is -2.60. The van der Waals surface area contributed by atoms with Crippen molar-refractivity contribution < 1.29 is 38.8 Å². The number of hydrogen-bond acceptors (Lipinski definition) is 10. The van der Waals surface area contributed by atoms with Gasteiger partial charge in [0.1, 0.15) is 5.75 Å². The summed E-state index contributed by atoms with van der Waals surface area (Å²) in [5, 5.41) is 26.5. The van der Waals surface area contributed by atoms with Gasteiger partial charge in [0.25, 0.3) is 0 Å². The van der Waals surface area contributed by atoms with E-state index in [9.17, 15) is 34.1 Å². The lowest BCUT2D eigenvalue weighted by molar-refractivity contribution is -0.153. The fraction of sp³-hybridized carbons (Fsp3) is 0.364. The zero-order chi connectivity index (χ0) is 27.6. The highest BCUT2D eigenvalue weighted by Crippen LogP contribution is 2.30. The van der Waals surface area contributed by atoms with E-state index < -0.39 is 48.8 Å². The number of aromatic carboxylic acids is 1. The summed E-state index contributed by atoms with van der Waals surface area (Å²) in [5.74, 6) is -4.85. The number of nitrogens with one attached hydrogen (secondary N) is 2. The molecule has 16 heteroatoms. The van der Waals surface area contributed by atoms with Crippen molar-refractivity contribution in [3.05, 3.63) is 40.4 Å². The molecular weight excluding hydrogens is 519 g/mol. The second kappa shape index (κ2) is 11.1. The van der Waals surface area contributed by atoms with E-state index >= 15 is 0 Å². The minimum absolute atomic E-state index is 0.000483. The van der Waals surface area contributed by atoms with Gasteiger partial charge in [-0.1, -0.05) is 19.1 Å². The normalized spacial score (nSPS) is 17.9. The van der Waals surface area contributed by atoms with Crippen LogP contribution in [0.1, 0.15) is 41.0 Å². The number of carbonyl (C=O) groups is 5. The maximum absolute atomic E-state index is 13.3. The van der Waals surface area contributed by atoms with E-state index in [1.54, 1.807) is 6.07 Å². The van der Waals surface area contributed by atoms with Crippen LogP contribution in [0.2, 0.25) is 0 Å². The molecule has 0 aliphatic carbocycles. The first-order valence-electron chi connectivity index (χ1n) is 11.7. The van der Waals surface area contributed by atoms with Gasteiger partial charge in [-0.25, -0.2) is 14.6 Å². The highest BCUT2D eigenvalue weighted by molar-refractivity contribution is 7.13. The molecule has 1 saturated heterocycles. The molecule has 2 atom stereocenters. The molecule has 14 nitrogen and oxygen atoms in total. The first-order valence-corrected chi connectivity index (χ1v) is 12.6. The lowest BCUT2D eigenvalue weighted by atomic mass is 9.72. The van der Waals surface area contributed by atoms with Gasteiger partial charge in [0, 0.05) is 25.0 Å². The van der Waals surface area contributed by atoms with Crippen molar-refractivity contribution in [3.63, 3.8) is 0 Å². The molecule has 2 aliphatic heterocycles. The number of amides is 5. The summed E-state index contributed by atoms with van der Waals surface area (Å²) in [6.45, 7) is 2.35. The van der Waals surface area contributed by atoms with Gasteiger partial charge in [0.2, 0.25) is 5.91 Å². The maximum Gasteiger partial charge on any atom is 0.547 e. The van der Waals surface area contributed by atoms with Crippen LogP contribution in [0, 0.1) is 0 Å². The van der Waals surface area contributed by atoms with Crippen molar-refractivity contribution in [2.45, 2.75) is 31.7 Å². The molecule has 200 valence electrons. The Kier molecular flexibility index (Phi) is 7.82. The van der Waals surface area contributed by atoms with Gasteiger partial charge in [-0.2, -0.15) is 0 Å². The smallest absolute Gasteiger partial charge is 0.534 e. The number of nitrogens with two attached hydrogens (primary N) is 1. The Hall–Kier alpha value is -4.18. The molecule has 0 bridgehead atoms. The zero-order valence-corrected chi connectivity index (χ0v) is 21.1. The number of carbonyl (C=O) groups excluding carboxylic acids is 4. The summed E-state index contributed by atoms with van der Waals surface area (Å²) in [4.78, 5) is 68.8. The monoisotopic (exact) mass is 544 g/mol. The van der Waals surface area contributed by atoms with Crippen molar-refractivity contribution in [2.75, 3.05) is 25.4 Å². The van der Waals surface area contributed by atoms with Crippen LogP contribution in [-0.2, 0) is 20.8 Å². The van der Waals surface area contributed by atoms with Gasteiger partial charge < -0.3 is 36.1 Å². The standard InChI is InChI=1S/C22H25BN6O8S/c1-2-6-28-7-8-29(19(32)18(28)31)22(35)27-15(13-10-38-21(24)25-13)17(30)26-14-9-11-4-3-5-12(20(33)34)16(11)37-23(14)36/h3-5,10,14-15,36H,2,6-9H2,1H3,(H2,24,25)(H,26,30)(H,27,35)(H,33,34)/t14-,15+/m0/s1. The Bertz CT molecular complexity index is 1290. The van der Waals surface area contributed by atoms with Gasteiger partial charge in [-0.05, 0) is 24.5 Å². The van der Waals surface area contributed by atoms with Crippen molar-refractivity contribution >= 4 is 53.3 Å². The number of imide groups is 1. The third-order valence-electron chi connectivity index (χ3n) is 6.09. The molecule has 1 aromatic heterocycles. The fourth-order valence-electron chi connectivity index (χ4n) is 4.24. The molecule has 0 spiro atoms. The number of piperazine rings is 1. The molecule has 5 amide bonds. The number of thiazole rings is 1. The summed E-state index contributed by atoms with van der Waals surface area (Å²) < 4.78 is 5.40. The third-order valence-corrected chi connectivity index (χ3v) is 6.78. The lowest BCUT2D eigenvalue weighted by Gasteiger charge is -2.33. The van der Waals surface area contributed by atoms with Crippen LogP contribution in [0.25, 0.3) is 0 Å². The van der Waals surface area contributed by atoms with E-state index in [0.29, 0.717) is 18.5 Å². The van der Waals surface area contributed by atoms with Crippen molar-refractivity contribution in [3.8, 4) is 5.75 Å². The van der Waals surface area contributed by atoms with Gasteiger partial charge in [0.15, 0.2) is 11.2 Å². The zero-order valence-electron chi connectivity index (χ0n) is 20.2. The number of carboxylic acid groups (broad SMARTS) is 1. The largest absolute Gasteiger partial charge is 0.547 e. The summed E-state index contributed by atoms with van der Waals surface area (Å²) >= 11 is 1.03. The molecule has 2 aromatic rings. The molecule has 6 N–H and O–H groups in total. The van der Waals surface area contributed by atoms with Crippen LogP contribution in [0.3, 0.4) is 0 Å². The summed E-state index contributed by atoms with van der Waals surface area (Å²) in [5.41, 5.74) is 6.12. The van der Waals surface area contributed by atoms with Crippen LogP contribution in [-0.4, -0.2) is 87.3 Å². The number of nitrogens with zero attached hydrogens (tertiary/aromatic N) is 3. The van der Waals surface area contributed by atoms with E-state index in [4.69, 9.17) is 10.4 Å². The molecule has 1 fully saturated rings. The number of urea groups is 1. The number of benzene rings is 1. The van der Waals surface area contributed by atoms with Gasteiger partial charge >= 0.3 is 30.9 Å². The summed E-state index contributed by atoms with van der Waals surface area (Å²) in [6.07, 6.45) is 0.688. The van der Waals surface area contributed by atoms with Gasteiger partial charge in [0.05, 0.1) is 17.2 Å². The summed E-state index contributed by atoms with van der Waals surface area (Å²) in [6, 6.07) is 2.06. The van der Waals surface area contributed by atoms with E-state index in [-0.39, 0.29) is 41.6 Å². The number of hydrogen-bond donors (Lipinski definition) is 5. The Balaban J connectivity index is 1.51. The average molecular weight is 544 g/mol. The first-order chi connectivity index (χ1) is 18.1. The predicted molar refractivity (Wildman–Crippen MR) is 134 cm³/mol. The van der Waals surface area contributed by atoms with Crippen LogP contribution >= 0.6 is 11.3 Å². The molecule has 38 heavy (non-hydrogen) atoms. The van der Waals surface area contributed by atoms with Gasteiger partial charge in [-0.15, -0.1) is 11.3 Å². The molecular formula is C22H25BN6O8S. The SMILES string of the molecule is CCCN1CCN(C(=O)N[C@@H](C(=O)N[C@H]2Cc3cccc(C(=O)O)c3OB2O)c2csc(N)n2)C(=O)C1=O. The minimum atomic E-state index is -1.59. The maximum atomic E-state index is 13.3. The topological polar surface area (TPSA) is 204 Å². The second-order valence-electron chi connectivity index (χ2n) is 8.67. The quantitative estimate of drug-likeness (QED) is 0.221. The average Bonchev–Trinajstić information content (AvgIpc) is 3.31. The van der Waals surface area contributed by atoms with Crippen LogP contribution < -0.4 is 21.0 Å². The Morgan fingerprint density at radius 2 is 2.05 bits per heavy atom. The molecule has 0 radical (unpaired) electrons. The molecule has 0 unspecified atom stereocenters. The summed E-state index contributed by atoms with van der Waals surface area (Å²) in [7, 11) is -1.59. The number of anilines is 1. The van der Waals surface area contributed by atoms with Crippen molar-refractivity contribution in [2.24, 2.45) is 0 Å². The molecule has 3 heterocycles. The van der Waals surface area contributed by atoms with Crippen LogP contribution in [0.4, 0.5) is 9.93 Å². The number of nitrogen functional groups attached to an aromatic ring is 1. The molecule has 1 aromatic carbocycles. The fourth-order valence-corrected chi connectivity index (χ4v) is 4.83. The second-order valence-corrected chi connectivity index (χ2v) is 9.56.